The maximum absolute atomic E-state index is 4.35. The van der Waals surface area contributed by atoms with E-state index >= 15 is 0 Å². The second-order valence-electron chi connectivity index (χ2n) is 3.79. The maximum atomic E-state index is 4.35. The molecule has 74 valence electrons. The Labute approximate surface area is 89.0 Å². The molecule has 1 aromatic heterocycles. The Morgan fingerprint density at radius 1 is 0.867 bits per heavy atom. The van der Waals surface area contributed by atoms with Crippen molar-refractivity contribution in [3.8, 4) is 0 Å². The molecule has 1 aliphatic heterocycles. The average molecular weight is 196 g/mol. The molecular weight excluding hydrogens is 184 g/mol. The zero-order valence-electron chi connectivity index (χ0n) is 8.30. The molecule has 15 heavy (non-hydrogen) atoms. The number of hydrogen-bond donors (Lipinski definition) is 1. The highest BCUT2D eigenvalue weighted by Crippen LogP contribution is 2.40. The molecule has 0 amide bonds. The van der Waals surface area contributed by atoms with Gasteiger partial charge in [-0.2, -0.15) is 0 Å². The monoisotopic (exact) mass is 196 g/mol. The summed E-state index contributed by atoms with van der Waals surface area (Å²) >= 11 is 0. The van der Waals surface area contributed by atoms with Gasteiger partial charge in [-0.25, -0.2) is 0 Å². The summed E-state index contributed by atoms with van der Waals surface area (Å²) in [7, 11) is 0. The first-order valence-corrected chi connectivity index (χ1v) is 5.17. The van der Waals surface area contributed by atoms with Crippen molar-refractivity contribution in [2.24, 2.45) is 0 Å². The van der Waals surface area contributed by atoms with Crippen LogP contribution in [0, 0.1) is 0 Å². The predicted octanol–water partition coefficient (Wildman–Crippen LogP) is 2.47. The van der Waals surface area contributed by atoms with E-state index in [1.54, 1.807) is 0 Å². The molecule has 0 radical (unpaired) electrons. The van der Waals surface area contributed by atoms with Gasteiger partial charge < -0.3 is 0 Å². The number of rotatable bonds is 2. The van der Waals surface area contributed by atoms with Crippen LogP contribution in [0.2, 0.25) is 0 Å². The van der Waals surface area contributed by atoms with Crippen molar-refractivity contribution in [1.82, 2.24) is 10.3 Å². The van der Waals surface area contributed by atoms with Crippen LogP contribution in [0.1, 0.15) is 23.3 Å². The smallest absolute Gasteiger partial charge is 0.0698 e. The molecule has 1 aliphatic rings. The maximum Gasteiger partial charge on any atom is 0.0698 e. The Morgan fingerprint density at radius 2 is 1.67 bits per heavy atom. The number of nitrogens with zero attached hydrogens (tertiary/aromatic N) is 1. The van der Waals surface area contributed by atoms with Gasteiger partial charge in [0.2, 0.25) is 0 Å². The number of hydrogen-bond acceptors (Lipinski definition) is 2. The third kappa shape index (κ3) is 1.64. The Morgan fingerprint density at radius 3 is 2.40 bits per heavy atom. The highest BCUT2D eigenvalue weighted by atomic mass is 15.2. The van der Waals surface area contributed by atoms with Crippen LogP contribution in [-0.4, -0.2) is 4.98 Å². The summed E-state index contributed by atoms with van der Waals surface area (Å²) in [4.78, 5) is 4.35. The average Bonchev–Trinajstić information content (AvgIpc) is 3.11. The van der Waals surface area contributed by atoms with Crippen LogP contribution < -0.4 is 5.32 Å². The van der Waals surface area contributed by atoms with Gasteiger partial charge in [0.1, 0.15) is 0 Å². The molecule has 3 rings (SSSR count). The third-order valence-corrected chi connectivity index (χ3v) is 2.75. The van der Waals surface area contributed by atoms with Crippen molar-refractivity contribution in [2.45, 2.75) is 12.1 Å². The topological polar surface area (TPSA) is 34.8 Å². The minimum Gasteiger partial charge on any atom is -0.298 e. The van der Waals surface area contributed by atoms with E-state index in [1.807, 2.05) is 24.4 Å². The number of aromatic nitrogens is 1. The summed E-state index contributed by atoms with van der Waals surface area (Å²) in [6, 6.07) is 17.4. The van der Waals surface area contributed by atoms with Crippen LogP contribution in [0.25, 0.3) is 0 Å². The molecule has 0 unspecified atom stereocenters. The van der Waals surface area contributed by atoms with E-state index in [0.717, 1.165) is 5.69 Å². The minimum atomic E-state index is 0.397. The first-order valence-electron chi connectivity index (χ1n) is 5.17. The molecule has 2 nitrogen and oxygen atoms in total. The van der Waals surface area contributed by atoms with Crippen LogP contribution in [0.15, 0.2) is 54.7 Å². The fourth-order valence-corrected chi connectivity index (χ4v) is 1.90. The summed E-state index contributed by atoms with van der Waals surface area (Å²) in [5.41, 5.74) is 2.47. The fourth-order valence-electron chi connectivity index (χ4n) is 1.90. The summed E-state index contributed by atoms with van der Waals surface area (Å²) < 4.78 is 0. The summed E-state index contributed by atoms with van der Waals surface area (Å²) in [6.45, 7) is 0. The second-order valence-corrected chi connectivity index (χ2v) is 3.79. The number of benzene rings is 1. The van der Waals surface area contributed by atoms with E-state index in [2.05, 4.69) is 40.6 Å². The molecule has 2 atom stereocenters. The molecule has 0 spiro atoms. The van der Waals surface area contributed by atoms with Crippen molar-refractivity contribution in [1.29, 1.82) is 0 Å². The van der Waals surface area contributed by atoms with Gasteiger partial charge in [-0.1, -0.05) is 36.4 Å². The van der Waals surface area contributed by atoms with Gasteiger partial charge in [-0.3, -0.25) is 10.3 Å². The number of nitrogens with one attached hydrogen (secondary N) is 1. The highest BCUT2D eigenvalue weighted by molar-refractivity contribution is 5.30. The van der Waals surface area contributed by atoms with Crippen LogP contribution in [0.5, 0.6) is 0 Å². The molecule has 2 heteroatoms. The van der Waals surface area contributed by atoms with Crippen LogP contribution >= 0.6 is 0 Å². The van der Waals surface area contributed by atoms with Gasteiger partial charge in [0, 0.05) is 6.20 Å². The van der Waals surface area contributed by atoms with Crippen LogP contribution in [-0.2, 0) is 0 Å². The fraction of sp³-hybridized carbons (Fsp3) is 0.154. The van der Waals surface area contributed by atoms with Crippen molar-refractivity contribution in [3.05, 3.63) is 66.0 Å². The first kappa shape index (κ1) is 8.62. The van der Waals surface area contributed by atoms with Crippen molar-refractivity contribution in [3.63, 3.8) is 0 Å². The molecule has 0 bridgehead atoms. The molecule has 1 fully saturated rings. The zero-order valence-corrected chi connectivity index (χ0v) is 8.30. The lowest BCUT2D eigenvalue weighted by atomic mass is 10.1. The van der Waals surface area contributed by atoms with E-state index in [9.17, 15) is 0 Å². The van der Waals surface area contributed by atoms with E-state index in [0.29, 0.717) is 12.1 Å². The van der Waals surface area contributed by atoms with Gasteiger partial charge in [-0.05, 0) is 17.7 Å². The van der Waals surface area contributed by atoms with Gasteiger partial charge in [0.05, 0.1) is 17.8 Å². The first-order chi connectivity index (χ1) is 7.45. The van der Waals surface area contributed by atoms with Crippen molar-refractivity contribution >= 4 is 0 Å². The molecule has 1 aromatic carbocycles. The number of pyridine rings is 1. The van der Waals surface area contributed by atoms with Crippen molar-refractivity contribution in [2.75, 3.05) is 0 Å². The Bertz CT molecular complexity index is 395. The van der Waals surface area contributed by atoms with Gasteiger partial charge in [-0.15, -0.1) is 0 Å². The Balaban J connectivity index is 1.81. The van der Waals surface area contributed by atoms with E-state index < -0.39 is 0 Å². The normalized spacial score (nSPS) is 23.7. The van der Waals surface area contributed by atoms with Crippen molar-refractivity contribution < 1.29 is 0 Å². The molecule has 2 heterocycles. The van der Waals surface area contributed by atoms with Gasteiger partial charge in [0.25, 0.3) is 0 Å². The van der Waals surface area contributed by atoms with Gasteiger partial charge >= 0.3 is 0 Å². The highest BCUT2D eigenvalue weighted by Gasteiger charge is 2.39. The molecule has 1 saturated heterocycles. The van der Waals surface area contributed by atoms with Gasteiger partial charge in [0.15, 0.2) is 0 Å². The van der Waals surface area contributed by atoms with Crippen LogP contribution in [0.3, 0.4) is 0 Å². The molecule has 1 N–H and O–H groups in total. The lowest BCUT2D eigenvalue weighted by Gasteiger charge is -1.97. The van der Waals surface area contributed by atoms with Crippen LogP contribution in [0.4, 0.5) is 0 Å². The molecular formula is C13H12N2. The largest absolute Gasteiger partial charge is 0.298 e. The lowest BCUT2D eigenvalue weighted by molar-refractivity contribution is 0.962. The standard InChI is InChI=1S/C13H12N2/c1-2-6-10(7-3-1)12-13(15-12)11-8-4-5-9-14-11/h1-9,12-13,15H/t12-,13-/m1/s1. The summed E-state index contributed by atoms with van der Waals surface area (Å²) in [5, 5.41) is 3.44. The second kappa shape index (κ2) is 3.48. The molecule has 0 aliphatic carbocycles. The summed E-state index contributed by atoms with van der Waals surface area (Å²) in [6.07, 6.45) is 1.84. The zero-order chi connectivity index (χ0) is 10.1. The quantitative estimate of drug-likeness (QED) is 0.749. The van der Waals surface area contributed by atoms with E-state index in [-0.39, 0.29) is 0 Å². The third-order valence-electron chi connectivity index (χ3n) is 2.75. The lowest BCUT2D eigenvalue weighted by Crippen LogP contribution is -1.87. The van der Waals surface area contributed by atoms with E-state index in [1.165, 1.54) is 5.56 Å². The predicted molar refractivity (Wildman–Crippen MR) is 59.3 cm³/mol. The Kier molecular flexibility index (Phi) is 2.00. The molecule has 0 saturated carbocycles. The van der Waals surface area contributed by atoms with E-state index in [4.69, 9.17) is 0 Å². The summed E-state index contributed by atoms with van der Waals surface area (Å²) in [5.74, 6) is 0. The Hall–Kier alpha value is -1.67. The molecule has 2 aromatic rings. The minimum absolute atomic E-state index is 0.397. The SMILES string of the molecule is c1ccc([C@H]2N[C@@H]2c2ccccn2)cc1.